The van der Waals surface area contributed by atoms with Crippen LogP contribution < -0.4 is 5.32 Å². The fourth-order valence-electron chi connectivity index (χ4n) is 1.98. The highest BCUT2D eigenvalue weighted by atomic mass is 14.9. The lowest BCUT2D eigenvalue weighted by molar-refractivity contribution is 0.923. The number of aryl methyl sites for hydroxylation is 1. The molecule has 2 nitrogen and oxygen atoms in total. The Morgan fingerprint density at radius 2 is 2.06 bits per heavy atom. The molecule has 0 aliphatic heterocycles. The molecule has 0 aliphatic carbocycles. The molecule has 0 radical (unpaired) electrons. The number of nitrogens with one attached hydrogen (secondary N) is 1. The molecule has 0 atom stereocenters. The first-order valence-corrected chi connectivity index (χ1v) is 5.96. The molecular formula is C14H18N2. The first kappa shape index (κ1) is 10.9. The van der Waals surface area contributed by atoms with Gasteiger partial charge in [-0.05, 0) is 37.1 Å². The molecule has 1 heterocycles. The van der Waals surface area contributed by atoms with Crippen LogP contribution >= 0.6 is 0 Å². The van der Waals surface area contributed by atoms with Gasteiger partial charge in [0.15, 0.2) is 0 Å². The lowest BCUT2D eigenvalue weighted by Crippen LogP contribution is -1.98. The lowest BCUT2D eigenvalue weighted by atomic mass is 10.1. The molecule has 0 amide bonds. The zero-order chi connectivity index (χ0) is 11.4. The number of aromatic nitrogens is 1. The van der Waals surface area contributed by atoms with Gasteiger partial charge in [0.1, 0.15) is 0 Å². The number of rotatable bonds is 4. The molecule has 0 spiro atoms. The normalized spacial score (nSPS) is 10.6. The zero-order valence-corrected chi connectivity index (χ0v) is 9.96. The Balaban J connectivity index is 2.50. The standard InChI is InChI=1S/C14H18N2/c1-3-5-11-6-7-13-12(10-11)14(15-4-2)8-9-16-13/h6-10H,3-5H2,1-2H3,(H,15,16). The van der Waals surface area contributed by atoms with Gasteiger partial charge in [-0.3, -0.25) is 4.98 Å². The third-order valence-electron chi connectivity index (χ3n) is 2.71. The maximum Gasteiger partial charge on any atom is 0.0722 e. The fourth-order valence-corrected chi connectivity index (χ4v) is 1.98. The topological polar surface area (TPSA) is 24.9 Å². The lowest BCUT2D eigenvalue weighted by Gasteiger charge is -2.08. The third-order valence-corrected chi connectivity index (χ3v) is 2.71. The second-order valence-electron chi connectivity index (χ2n) is 3.99. The Morgan fingerprint density at radius 3 is 2.81 bits per heavy atom. The Morgan fingerprint density at radius 1 is 1.19 bits per heavy atom. The first-order valence-electron chi connectivity index (χ1n) is 5.96. The van der Waals surface area contributed by atoms with Crippen molar-refractivity contribution in [2.24, 2.45) is 0 Å². The van der Waals surface area contributed by atoms with Gasteiger partial charge < -0.3 is 5.32 Å². The smallest absolute Gasteiger partial charge is 0.0722 e. The summed E-state index contributed by atoms with van der Waals surface area (Å²) < 4.78 is 0. The third kappa shape index (κ3) is 2.16. The van der Waals surface area contributed by atoms with Crippen molar-refractivity contribution in [1.29, 1.82) is 0 Å². The zero-order valence-electron chi connectivity index (χ0n) is 9.96. The van der Waals surface area contributed by atoms with Crippen molar-refractivity contribution in [3.05, 3.63) is 36.0 Å². The Hall–Kier alpha value is -1.57. The number of nitrogens with zero attached hydrogens (tertiary/aromatic N) is 1. The van der Waals surface area contributed by atoms with Crippen molar-refractivity contribution >= 4 is 16.6 Å². The summed E-state index contributed by atoms with van der Waals surface area (Å²) in [5, 5.41) is 4.61. The molecule has 0 bridgehead atoms. The number of pyridine rings is 1. The van der Waals surface area contributed by atoms with E-state index in [1.807, 2.05) is 12.3 Å². The molecule has 0 unspecified atom stereocenters. The Labute approximate surface area is 96.7 Å². The van der Waals surface area contributed by atoms with Gasteiger partial charge >= 0.3 is 0 Å². The maximum absolute atomic E-state index is 4.39. The van der Waals surface area contributed by atoms with E-state index >= 15 is 0 Å². The number of hydrogen-bond acceptors (Lipinski definition) is 2. The van der Waals surface area contributed by atoms with Gasteiger partial charge in [-0.25, -0.2) is 0 Å². The van der Waals surface area contributed by atoms with Crippen LogP contribution in [0.2, 0.25) is 0 Å². The van der Waals surface area contributed by atoms with Crippen molar-refractivity contribution in [2.45, 2.75) is 26.7 Å². The van der Waals surface area contributed by atoms with Gasteiger partial charge in [-0.15, -0.1) is 0 Å². The molecule has 1 aromatic carbocycles. The van der Waals surface area contributed by atoms with Crippen LogP contribution in [0.15, 0.2) is 30.5 Å². The average molecular weight is 214 g/mol. The summed E-state index contributed by atoms with van der Waals surface area (Å²) >= 11 is 0. The van der Waals surface area contributed by atoms with E-state index in [0.29, 0.717) is 0 Å². The molecular weight excluding hydrogens is 196 g/mol. The fraction of sp³-hybridized carbons (Fsp3) is 0.357. The number of hydrogen-bond donors (Lipinski definition) is 1. The van der Waals surface area contributed by atoms with Gasteiger partial charge in [0.25, 0.3) is 0 Å². The molecule has 0 aliphatic rings. The summed E-state index contributed by atoms with van der Waals surface area (Å²) in [5.74, 6) is 0. The minimum absolute atomic E-state index is 0.942. The minimum atomic E-state index is 0.942. The summed E-state index contributed by atoms with van der Waals surface area (Å²) in [6, 6.07) is 8.58. The summed E-state index contributed by atoms with van der Waals surface area (Å²) in [6.07, 6.45) is 4.18. The highest BCUT2D eigenvalue weighted by Crippen LogP contribution is 2.23. The Kier molecular flexibility index (Phi) is 3.40. The van der Waals surface area contributed by atoms with E-state index in [1.165, 1.54) is 23.1 Å². The average Bonchev–Trinajstić information content (AvgIpc) is 2.31. The molecule has 2 aromatic rings. The van der Waals surface area contributed by atoms with Crippen molar-refractivity contribution in [1.82, 2.24) is 4.98 Å². The first-order chi connectivity index (χ1) is 7.85. The van der Waals surface area contributed by atoms with Crippen LogP contribution in [0.5, 0.6) is 0 Å². The molecule has 0 saturated heterocycles. The summed E-state index contributed by atoms with van der Waals surface area (Å²) in [4.78, 5) is 4.39. The summed E-state index contributed by atoms with van der Waals surface area (Å²) in [7, 11) is 0. The molecule has 16 heavy (non-hydrogen) atoms. The van der Waals surface area contributed by atoms with E-state index in [2.05, 4.69) is 42.3 Å². The highest BCUT2D eigenvalue weighted by Gasteiger charge is 2.01. The van der Waals surface area contributed by atoms with Crippen molar-refractivity contribution in [3.63, 3.8) is 0 Å². The molecule has 0 fully saturated rings. The van der Waals surface area contributed by atoms with Crippen LogP contribution in [-0.4, -0.2) is 11.5 Å². The van der Waals surface area contributed by atoms with Gasteiger partial charge in [-0.2, -0.15) is 0 Å². The van der Waals surface area contributed by atoms with Crippen molar-refractivity contribution in [3.8, 4) is 0 Å². The SMILES string of the molecule is CCCc1ccc2nccc(NCC)c2c1. The number of benzene rings is 1. The van der Waals surface area contributed by atoms with Crippen LogP contribution in [0.25, 0.3) is 10.9 Å². The van der Waals surface area contributed by atoms with Crippen LogP contribution in [0.4, 0.5) is 5.69 Å². The second-order valence-corrected chi connectivity index (χ2v) is 3.99. The number of fused-ring (bicyclic) bond motifs is 1. The molecule has 1 N–H and O–H groups in total. The highest BCUT2D eigenvalue weighted by molar-refractivity contribution is 5.91. The molecule has 2 rings (SSSR count). The van der Waals surface area contributed by atoms with E-state index in [1.54, 1.807) is 0 Å². The van der Waals surface area contributed by atoms with Crippen LogP contribution in [0, 0.1) is 0 Å². The van der Waals surface area contributed by atoms with E-state index in [9.17, 15) is 0 Å². The van der Waals surface area contributed by atoms with Crippen LogP contribution in [0.1, 0.15) is 25.8 Å². The second kappa shape index (κ2) is 4.97. The predicted octanol–water partition coefficient (Wildman–Crippen LogP) is 3.62. The van der Waals surface area contributed by atoms with E-state index < -0.39 is 0 Å². The van der Waals surface area contributed by atoms with E-state index in [-0.39, 0.29) is 0 Å². The quantitative estimate of drug-likeness (QED) is 0.840. The van der Waals surface area contributed by atoms with Gasteiger partial charge in [0, 0.05) is 23.8 Å². The maximum atomic E-state index is 4.39. The van der Waals surface area contributed by atoms with E-state index in [4.69, 9.17) is 0 Å². The monoisotopic (exact) mass is 214 g/mol. The summed E-state index contributed by atoms with van der Waals surface area (Å²) in [5.41, 5.74) is 3.64. The van der Waals surface area contributed by atoms with Gasteiger partial charge in [0.2, 0.25) is 0 Å². The summed E-state index contributed by atoms with van der Waals surface area (Å²) in [6.45, 7) is 5.26. The molecule has 1 aromatic heterocycles. The molecule has 2 heteroatoms. The Bertz CT molecular complexity index is 477. The minimum Gasteiger partial charge on any atom is -0.385 e. The van der Waals surface area contributed by atoms with Crippen LogP contribution in [0.3, 0.4) is 0 Å². The molecule has 84 valence electrons. The number of anilines is 1. The predicted molar refractivity (Wildman–Crippen MR) is 69.9 cm³/mol. The van der Waals surface area contributed by atoms with E-state index in [0.717, 1.165) is 18.5 Å². The van der Waals surface area contributed by atoms with Crippen molar-refractivity contribution in [2.75, 3.05) is 11.9 Å². The largest absolute Gasteiger partial charge is 0.385 e. The van der Waals surface area contributed by atoms with Crippen LogP contribution in [-0.2, 0) is 6.42 Å². The molecule has 0 saturated carbocycles. The van der Waals surface area contributed by atoms with Crippen molar-refractivity contribution < 1.29 is 0 Å². The van der Waals surface area contributed by atoms with Gasteiger partial charge in [-0.1, -0.05) is 19.4 Å². The van der Waals surface area contributed by atoms with Gasteiger partial charge in [0.05, 0.1) is 5.52 Å².